The van der Waals surface area contributed by atoms with E-state index in [1.807, 2.05) is 5.01 Å². The van der Waals surface area contributed by atoms with Crippen LogP contribution in [0, 0.1) is 11.8 Å². The van der Waals surface area contributed by atoms with Crippen LogP contribution in [0.5, 0.6) is 0 Å². The van der Waals surface area contributed by atoms with Crippen LogP contribution in [0.3, 0.4) is 0 Å². The number of hydrogen-bond donors (Lipinski definition) is 1. The molecule has 0 aliphatic carbocycles. The maximum Gasteiger partial charge on any atom is 0.0267 e. The Morgan fingerprint density at radius 1 is 1.50 bits per heavy atom. The van der Waals surface area contributed by atoms with Gasteiger partial charge in [-0.05, 0) is 18.3 Å². The van der Waals surface area contributed by atoms with Crippen molar-refractivity contribution in [3.63, 3.8) is 0 Å². The molecular weight excluding hydrogens is 124 g/mol. The van der Waals surface area contributed by atoms with Crippen molar-refractivity contribution in [1.82, 2.24) is 5.01 Å². The van der Waals surface area contributed by atoms with Crippen molar-refractivity contribution in [2.45, 2.75) is 33.2 Å². The summed E-state index contributed by atoms with van der Waals surface area (Å²) < 4.78 is 0. The molecule has 0 aromatic heterocycles. The SMILES string of the molecule is CCC1C(C)C(C)CN1N. The fraction of sp³-hybridized carbons (Fsp3) is 1.00. The van der Waals surface area contributed by atoms with Gasteiger partial charge in [-0.1, -0.05) is 20.8 Å². The van der Waals surface area contributed by atoms with Gasteiger partial charge in [0.25, 0.3) is 0 Å². The predicted octanol–water partition coefficient (Wildman–Crippen LogP) is 1.23. The summed E-state index contributed by atoms with van der Waals surface area (Å²) in [6.07, 6.45) is 1.18. The van der Waals surface area contributed by atoms with Crippen LogP contribution in [0.1, 0.15) is 27.2 Å². The summed E-state index contributed by atoms with van der Waals surface area (Å²) >= 11 is 0. The monoisotopic (exact) mass is 142 g/mol. The molecule has 0 aromatic rings. The Morgan fingerprint density at radius 3 is 2.30 bits per heavy atom. The predicted molar refractivity (Wildman–Crippen MR) is 43.3 cm³/mol. The lowest BCUT2D eigenvalue weighted by molar-refractivity contribution is 0.231. The zero-order chi connectivity index (χ0) is 7.72. The number of rotatable bonds is 1. The largest absolute Gasteiger partial charge is 0.269 e. The first-order chi connectivity index (χ1) is 4.66. The van der Waals surface area contributed by atoms with Crippen LogP contribution in [0.2, 0.25) is 0 Å². The number of hydrazine groups is 1. The van der Waals surface area contributed by atoms with Crippen LogP contribution >= 0.6 is 0 Å². The van der Waals surface area contributed by atoms with Gasteiger partial charge in [0.1, 0.15) is 0 Å². The van der Waals surface area contributed by atoms with E-state index in [0.29, 0.717) is 6.04 Å². The summed E-state index contributed by atoms with van der Waals surface area (Å²) in [5.74, 6) is 7.35. The van der Waals surface area contributed by atoms with E-state index in [-0.39, 0.29) is 0 Å². The van der Waals surface area contributed by atoms with Crippen molar-refractivity contribution in [2.24, 2.45) is 17.7 Å². The summed E-state index contributed by atoms with van der Waals surface area (Å²) in [5.41, 5.74) is 0. The van der Waals surface area contributed by atoms with Gasteiger partial charge in [-0.25, -0.2) is 5.01 Å². The van der Waals surface area contributed by atoms with Gasteiger partial charge in [-0.15, -0.1) is 0 Å². The van der Waals surface area contributed by atoms with E-state index in [2.05, 4.69) is 20.8 Å². The van der Waals surface area contributed by atoms with Crippen LogP contribution in [0.4, 0.5) is 0 Å². The first-order valence-corrected chi connectivity index (χ1v) is 4.18. The zero-order valence-electron chi connectivity index (χ0n) is 7.17. The van der Waals surface area contributed by atoms with Gasteiger partial charge < -0.3 is 0 Å². The fourth-order valence-electron chi connectivity index (χ4n) is 1.92. The summed E-state index contributed by atoms with van der Waals surface area (Å²) in [6.45, 7) is 7.85. The van der Waals surface area contributed by atoms with Gasteiger partial charge in [0.2, 0.25) is 0 Å². The molecule has 1 saturated heterocycles. The first-order valence-electron chi connectivity index (χ1n) is 4.18. The van der Waals surface area contributed by atoms with Crippen molar-refractivity contribution in [2.75, 3.05) is 6.54 Å². The molecule has 0 spiro atoms. The highest BCUT2D eigenvalue weighted by Gasteiger charge is 2.33. The number of nitrogens with two attached hydrogens (primary N) is 1. The number of nitrogens with zero attached hydrogens (tertiary/aromatic N) is 1. The molecule has 3 atom stereocenters. The van der Waals surface area contributed by atoms with Gasteiger partial charge in [-0.2, -0.15) is 0 Å². The molecule has 3 unspecified atom stereocenters. The molecule has 2 N–H and O–H groups in total. The third kappa shape index (κ3) is 1.18. The second kappa shape index (κ2) is 2.89. The third-order valence-electron chi connectivity index (χ3n) is 2.85. The highest BCUT2D eigenvalue weighted by atomic mass is 15.4. The topological polar surface area (TPSA) is 29.3 Å². The molecule has 1 aliphatic rings. The van der Waals surface area contributed by atoms with E-state index >= 15 is 0 Å². The molecule has 0 radical (unpaired) electrons. The molecule has 1 heterocycles. The summed E-state index contributed by atoms with van der Waals surface area (Å²) in [4.78, 5) is 0. The summed E-state index contributed by atoms with van der Waals surface area (Å²) in [7, 11) is 0. The summed E-state index contributed by atoms with van der Waals surface area (Å²) in [5, 5.41) is 2.00. The normalized spacial score (nSPS) is 42.6. The molecule has 2 nitrogen and oxygen atoms in total. The van der Waals surface area contributed by atoms with E-state index in [0.717, 1.165) is 18.4 Å². The highest BCUT2D eigenvalue weighted by molar-refractivity contribution is 4.84. The van der Waals surface area contributed by atoms with E-state index < -0.39 is 0 Å². The lowest BCUT2D eigenvalue weighted by atomic mass is 9.93. The third-order valence-corrected chi connectivity index (χ3v) is 2.85. The van der Waals surface area contributed by atoms with Gasteiger partial charge in [-0.3, -0.25) is 5.84 Å². The maximum absolute atomic E-state index is 5.80. The minimum absolute atomic E-state index is 0.620. The fourth-order valence-corrected chi connectivity index (χ4v) is 1.92. The molecule has 60 valence electrons. The number of hydrogen-bond acceptors (Lipinski definition) is 2. The van der Waals surface area contributed by atoms with E-state index in [1.165, 1.54) is 6.42 Å². The summed E-state index contributed by atoms with van der Waals surface area (Å²) in [6, 6.07) is 0.620. The average Bonchev–Trinajstić information content (AvgIpc) is 2.09. The van der Waals surface area contributed by atoms with Gasteiger partial charge in [0.15, 0.2) is 0 Å². The minimum Gasteiger partial charge on any atom is -0.269 e. The van der Waals surface area contributed by atoms with Gasteiger partial charge in [0.05, 0.1) is 0 Å². The van der Waals surface area contributed by atoms with Crippen molar-refractivity contribution in [3.05, 3.63) is 0 Å². The van der Waals surface area contributed by atoms with Crippen LogP contribution < -0.4 is 5.84 Å². The minimum atomic E-state index is 0.620. The molecular formula is C8H18N2. The van der Waals surface area contributed by atoms with E-state index in [9.17, 15) is 0 Å². The average molecular weight is 142 g/mol. The second-order valence-corrected chi connectivity index (χ2v) is 3.51. The molecule has 0 saturated carbocycles. The van der Waals surface area contributed by atoms with Gasteiger partial charge >= 0.3 is 0 Å². The Morgan fingerprint density at radius 2 is 2.10 bits per heavy atom. The molecule has 0 bridgehead atoms. The van der Waals surface area contributed by atoms with Crippen LogP contribution in [-0.4, -0.2) is 17.6 Å². The molecule has 1 aliphatic heterocycles. The second-order valence-electron chi connectivity index (χ2n) is 3.51. The Kier molecular flexibility index (Phi) is 2.32. The van der Waals surface area contributed by atoms with Crippen LogP contribution in [0.15, 0.2) is 0 Å². The van der Waals surface area contributed by atoms with E-state index in [4.69, 9.17) is 5.84 Å². The molecule has 10 heavy (non-hydrogen) atoms. The Hall–Kier alpha value is -0.0800. The standard InChI is InChI=1S/C8H18N2/c1-4-8-7(3)6(2)5-10(8)9/h6-8H,4-5,9H2,1-3H3. The zero-order valence-corrected chi connectivity index (χ0v) is 7.17. The van der Waals surface area contributed by atoms with Crippen molar-refractivity contribution >= 4 is 0 Å². The van der Waals surface area contributed by atoms with Crippen LogP contribution in [-0.2, 0) is 0 Å². The smallest absolute Gasteiger partial charge is 0.0267 e. The molecule has 0 amide bonds. The Labute approximate surface area is 63.4 Å². The van der Waals surface area contributed by atoms with Crippen molar-refractivity contribution in [3.8, 4) is 0 Å². The van der Waals surface area contributed by atoms with Crippen molar-refractivity contribution in [1.29, 1.82) is 0 Å². The Balaban J connectivity index is 2.55. The lowest BCUT2D eigenvalue weighted by Gasteiger charge is -2.20. The van der Waals surface area contributed by atoms with Crippen LogP contribution in [0.25, 0.3) is 0 Å². The highest BCUT2D eigenvalue weighted by Crippen LogP contribution is 2.28. The van der Waals surface area contributed by atoms with E-state index in [1.54, 1.807) is 0 Å². The molecule has 1 fully saturated rings. The Bertz CT molecular complexity index is 114. The molecule has 1 rings (SSSR count). The first kappa shape index (κ1) is 8.02. The lowest BCUT2D eigenvalue weighted by Crippen LogP contribution is -2.37. The molecule has 0 aromatic carbocycles. The molecule has 2 heteroatoms. The maximum atomic E-state index is 5.80. The van der Waals surface area contributed by atoms with Gasteiger partial charge in [0, 0.05) is 12.6 Å². The van der Waals surface area contributed by atoms with Crippen molar-refractivity contribution < 1.29 is 0 Å². The quantitative estimate of drug-likeness (QED) is 0.558.